The maximum atomic E-state index is 12.4. The van der Waals surface area contributed by atoms with E-state index in [1.165, 1.54) is 0 Å². The minimum absolute atomic E-state index is 0.0445. The van der Waals surface area contributed by atoms with Crippen molar-refractivity contribution in [2.45, 2.75) is 39.3 Å². The van der Waals surface area contributed by atoms with Crippen molar-refractivity contribution < 1.29 is 4.79 Å². The number of amides is 1. The minimum atomic E-state index is -0.0445. The van der Waals surface area contributed by atoms with E-state index in [1.807, 2.05) is 26.1 Å². The Hall–Kier alpha value is -2.15. The molecule has 8 heteroatoms. The van der Waals surface area contributed by atoms with Crippen molar-refractivity contribution in [1.29, 1.82) is 0 Å². The third kappa shape index (κ3) is 3.67. The lowest BCUT2D eigenvalue weighted by Gasteiger charge is -2.32. The molecule has 7 nitrogen and oxygen atoms in total. The van der Waals surface area contributed by atoms with Gasteiger partial charge < -0.3 is 10.2 Å². The topological polar surface area (TPSA) is 75.9 Å². The number of hydrogen-bond donors (Lipinski definition) is 1. The molecule has 24 heavy (non-hydrogen) atoms. The number of aryl methyl sites for hydroxylation is 2. The third-order valence-corrected chi connectivity index (χ3v) is 4.49. The number of halogens is 1. The number of nitrogens with one attached hydrogen (secondary N) is 1. The van der Waals surface area contributed by atoms with E-state index in [1.54, 1.807) is 10.7 Å². The van der Waals surface area contributed by atoms with Crippen molar-refractivity contribution in [1.82, 2.24) is 25.3 Å². The van der Waals surface area contributed by atoms with Gasteiger partial charge in [-0.3, -0.25) is 9.48 Å². The Balaban J connectivity index is 1.56. The van der Waals surface area contributed by atoms with Gasteiger partial charge in [0.15, 0.2) is 11.0 Å². The highest BCUT2D eigenvalue weighted by molar-refractivity contribution is 6.29. The van der Waals surface area contributed by atoms with Crippen LogP contribution in [0, 0.1) is 6.92 Å². The molecular weight excluding hydrogens is 328 g/mol. The van der Waals surface area contributed by atoms with Crippen LogP contribution < -0.4 is 10.2 Å². The molecule has 0 atom stereocenters. The quantitative estimate of drug-likeness (QED) is 0.915. The van der Waals surface area contributed by atoms with Gasteiger partial charge in [0, 0.05) is 31.9 Å². The van der Waals surface area contributed by atoms with Crippen molar-refractivity contribution >= 4 is 23.3 Å². The number of aromatic nitrogens is 4. The predicted molar refractivity (Wildman–Crippen MR) is 92.4 cm³/mol. The fourth-order valence-corrected chi connectivity index (χ4v) is 3.00. The van der Waals surface area contributed by atoms with Crippen LogP contribution in [-0.2, 0) is 6.54 Å². The minimum Gasteiger partial charge on any atom is -0.355 e. The standard InChI is InChI=1S/C16H21ClN6O/c1-3-23-10-13(11(2)21-23)16(24)18-12-6-8-22(9-7-12)15-5-4-14(17)19-20-15/h4-5,10,12H,3,6-9H2,1-2H3,(H,18,24). The summed E-state index contributed by atoms with van der Waals surface area (Å²) in [6, 6.07) is 3.78. The molecule has 1 aliphatic rings. The molecule has 0 bridgehead atoms. The van der Waals surface area contributed by atoms with Crippen LogP contribution in [0.4, 0.5) is 5.82 Å². The van der Waals surface area contributed by atoms with Crippen molar-refractivity contribution in [3.05, 3.63) is 34.7 Å². The van der Waals surface area contributed by atoms with E-state index in [0.717, 1.165) is 44.0 Å². The smallest absolute Gasteiger partial charge is 0.254 e. The first-order chi connectivity index (χ1) is 11.6. The maximum absolute atomic E-state index is 12.4. The second kappa shape index (κ2) is 7.17. The molecule has 1 aliphatic heterocycles. The second-order valence-corrected chi connectivity index (χ2v) is 6.32. The van der Waals surface area contributed by atoms with Crippen LogP contribution in [0.15, 0.2) is 18.3 Å². The predicted octanol–water partition coefficient (Wildman–Crippen LogP) is 2.05. The summed E-state index contributed by atoms with van der Waals surface area (Å²) in [5.74, 6) is 0.779. The molecule has 1 fully saturated rings. The number of rotatable bonds is 4. The highest BCUT2D eigenvalue weighted by atomic mass is 35.5. The Kier molecular flexibility index (Phi) is 4.99. The van der Waals surface area contributed by atoms with Gasteiger partial charge in [-0.2, -0.15) is 5.10 Å². The lowest BCUT2D eigenvalue weighted by molar-refractivity contribution is 0.0930. The Morgan fingerprint density at radius 1 is 1.33 bits per heavy atom. The van der Waals surface area contributed by atoms with Gasteiger partial charge in [-0.1, -0.05) is 11.6 Å². The lowest BCUT2D eigenvalue weighted by atomic mass is 10.0. The molecule has 0 aromatic carbocycles. The molecule has 3 rings (SSSR count). The Bertz CT molecular complexity index is 706. The normalized spacial score (nSPS) is 15.5. The lowest BCUT2D eigenvalue weighted by Crippen LogP contribution is -2.45. The molecule has 0 spiro atoms. The summed E-state index contributed by atoms with van der Waals surface area (Å²) in [7, 11) is 0. The van der Waals surface area contributed by atoms with Crippen molar-refractivity contribution in [3.8, 4) is 0 Å². The van der Waals surface area contributed by atoms with Gasteiger partial charge in [-0.25, -0.2) is 0 Å². The van der Waals surface area contributed by atoms with Gasteiger partial charge in [0.1, 0.15) is 0 Å². The molecule has 2 aromatic heterocycles. The molecule has 0 aliphatic carbocycles. The third-order valence-electron chi connectivity index (χ3n) is 4.29. The van der Waals surface area contributed by atoms with E-state index in [0.29, 0.717) is 10.7 Å². The van der Waals surface area contributed by atoms with Crippen molar-refractivity contribution in [2.24, 2.45) is 0 Å². The molecule has 0 unspecified atom stereocenters. The zero-order valence-electron chi connectivity index (χ0n) is 13.9. The zero-order valence-corrected chi connectivity index (χ0v) is 14.6. The summed E-state index contributed by atoms with van der Waals surface area (Å²) < 4.78 is 1.78. The van der Waals surface area contributed by atoms with Gasteiger partial charge in [-0.15, -0.1) is 10.2 Å². The summed E-state index contributed by atoms with van der Waals surface area (Å²) in [6.07, 6.45) is 3.55. The molecule has 2 aromatic rings. The molecule has 1 amide bonds. The fourth-order valence-electron chi connectivity index (χ4n) is 2.90. The SMILES string of the molecule is CCn1cc(C(=O)NC2CCN(c3ccc(Cl)nn3)CC2)c(C)n1. The van der Waals surface area contributed by atoms with E-state index in [-0.39, 0.29) is 11.9 Å². The van der Waals surface area contributed by atoms with Crippen molar-refractivity contribution in [3.63, 3.8) is 0 Å². The molecule has 1 N–H and O–H groups in total. The summed E-state index contributed by atoms with van der Waals surface area (Å²) in [5, 5.41) is 15.8. The van der Waals surface area contributed by atoms with E-state index in [4.69, 9.17) is 11.6 Å². The van der Waals surface area contributed by atoms with Gasteiger partial charge in [0.25, 0.3) is 5.91 Å². The highest BCUT2D eigenvalue weighted by Crippen LogP contribution is 2.18. The van der Waals surface area contributed by atoms with Crippen LogP contribution in [-0.4, -0.2) is 45.0 Å². The van der Waals surface area contributed by atoms with Crippen LogP contribution in [0.2, 0.25) is 5.15 Å². The monoisotopic (exact) mass is 348 g/mol. The Labute approximate surface area is 146 Å². The average molecular weight is 349 g/mol. The number of nitrogens with zero attached hydrogens (tertiary/aromatic N) is 5. The summed E-state index contributed by atoms with van der Waals surface area (Å²) >= 11 is 5.77. The van der Waals surface area contributed by atoms with Crippen LogP contribution >= 0.6 is 11.6 Å². The van der Waals surface area contributed by atoms with Gasteiger partial charge in [0.05, 0.1) is 11.3 Å². The molecule has 128 valence electrons. The number of carbonyl (C=O) groups excluding carboxylic acids is 1. The number of piperidine rings is 1. The zero-order chi connectivity index (χ0) is 17.1. The number of carbonyl (C=O) groups is 1. The summed E-state index contributed by atoms with van der Waals surface area (Å²) in [4.78, 5) is 14.6. The first kappa shape index (κ1) is 16.7. The molecular formula is C16H21ClN6O. The molecule has 1 saturated heterocycles. The van der Waals surface area contributed by atoms with E-state index < -0.39 is 0 Å². The van der Waals surface area contributed by atoms with Crippen LogP contribution in [0.5, 0.6) is 0 Å². The van der Waals surface area contributed by atoms with Gasteiger partial charge in [0.2, 0.25) is 0 Å². The van der Waals surface area contributed by atoms with Gasteiger partial charge >= 0.3 is 0 Å². The number of anilines is 1. The first-order valence-electron chi connectivity index (χ1n) is 8.16. The van der Waals surface area contributed by atoms with E-state index in [2.05, 4.69) is 25.5 Å². The Morgan fingerprint density at radius 3 is 2.67 bits per heavy atom. The summed E-state index contributed by atoms with van der Waals surface area (Å²) in [6.45, 7) is 6.28. The van der Waals surface area contributed by atoms with Crippen molar-refractivity contribution in [2.75, 3.05) is 18.0 Å². The van der Waals surface area contributed by atoms with E-state index >= 15 is 0 Å². The molecule has 3 heterocycles. The highest BCUT2D eigenvalue weighted by Gasteiger charge is 2.23. The van der Waals surface area contributed by atoms with Crippen LogP contribution in [0.25, 0.3) is 0 Å². The Morgan fingerprint density at radius 2 is 2.08 bits per heavy atom. The first-order valence-corrected chi connectivity index (χ1v) is 8.53. The fraction of sp³-hybridized carbons (Fsp3) is 0.500. The largest absolute Gasteiger partial charge is 0.355 e. The maximum Gasteiger partial charge on any atom is 0.254 e. The van der Waals surface area contributed by atoms with Crippen LogP contribution in [0.1, 0.15) is 35.8 Å². The average Bonchev–Trinajstić information content (AvgIpc) is 2.97. The van der Waals surface area contributed by atoms with Gasteiger partial charge in [-0.05, 0) is 38.8 Å². The molecule has 0 saturated carbocycles. The van der Waals surface area contributed by atoms with E-state index in [9.17, 15) is 4.79 Å². The van der Waals surface area contributed by atoms with Crippen LogP contribution in [0.3, 0.4) is 0 Å². The molecule has 0 radical (unpaired) electrons. The second-order valence-electron chi connectivity index (χ2n) is 5.93. The summed E-state index contributed by atoms with van der Waals surface area (Å²) in [5.41, 5.74) is 1.42. The number of hydrogen-bond acceptors (Lipinski definition) is 5.